The Labute approximate surface area is 365 Å². The number of methoxy groups -OCH3 is 1. The number of alkyl carbamates (subject to hydrolysis) is 1. The monoisotopic (exact) mass is 885 g/mol. The maximum atomic E-state index is 14.7. The minimum Gasteiger partial charge on any atom is -0.458 e. The number of primary amides is 1. The molecule has 4 aliphatic heterocycles. The highest BCUT2D eigenvalue weighted by Crippen LogP contribution is 2.43. The largest absolute Gasteiger partial charge is 0.458 e. The highest BCUT2D eigenvalue weighted by molar-refractivity contribution is 5.85. The van der Waals surface area contributed by atoms with Crippen molar-refractivity contribution < 1.29 is 76.1 Å². The summed E-state index contributed by atoms with van der Waals surface area (Å²) in [5.74, 6) is -6.07. The minimum absolute atomic E-state index is 0.0298. The van der Waals surface area contributed by atoms with E-state index >= 15 is 0 Å². The van der Waals surface area contributed by atoms with Gasteiger partial charge in [0.05, 0.1) is 36.3 Å². The number of nitrogens with two attached hydrogens (primary N) is 1. The maximum Gasteiger partial charge on any atom is 0.408 e. The number of hydrogen-bond acceptors (Lipinski definition) is 17. The van der Waals surface area contributed by atoms with Crippen molar-refractivity contribution in [3.8, 4) is 0 Å². The SMILES string of the molecule is CC[C@H]1OC(=O)[C@H](C)[C@@H](OC2C[C@@](C)(OC)[C@@H](OC(C)=O)[C@H](C)O2)[C@H](C)[C@@H](O[C@@H]2O[C@H](C)C[C@H](N(C)C)[C@H]2OC(C)=O)[C@](C)(OC(N)=O)C[C@@H](C)C(=O)[C@H](C)[C@H]2NC(=O)O[C@@]21C. The summed E-state index contributed by atoms with van der Waals surface area (Å²) in [6.07, 6.45) is -10.3. The van der Waals surface area contributed by atoms with Gasteiger partial charge >= 0.3 is 30.1 Å². The first-order valence-corrected chi connectivity index (χ1v) is 21.6. The molecule has 0 aromatic rings. The van der Waals surface area contributed by atoms with Gasteiger partial charge in [0.25, 0.3) is 0 Å². The molecule has 0 aromatic heterocycles. The van der Waals surface area contributed by atoms with Gasteiger partial charge in [-0.25, -0.2) is 9.59 Å². The van der Waals surface area contributed by atoms with Gasteiger partial charge < -0.3 is 63.3 Å². The normalized spacial score (nSPS) is 43.3. The van der Waals surface area contributed by atoms with Crippen molar-refractivity contribution in [2.45, 2.75) is 193 Å². The number of amides is 2. The number of nitrogens with one attached hydrogen (secondary N) is 1. The summed E-state index contributed by atoms with van der Waals surface area (Å²) in [6, 6.07) is -1.31. The standard InChI is InChI=1S/C43H71N3O16/c1-16-29-43(12)34(45-40(52)62-43)22(4)31(49)20(2)18-42(11,61-39(44)51)35(60-38-33(56-26(8)47)28(46(13)14)17-21(3)54-38)23(5)32(24(6)37(50)58-29)59-30-19-41(10,53-15)36(25(7)55-30)57-27(9)48/h20-25,28-30,32-36,38H,16-19H2,1-15H3,(H2,44,51)(H,45,52)/t20-,21-,22+,23+,24-,25+,28+,29-,30?,32+,33-,34-,35-,36+,38+,41-,42-,43-/m1/s1. The van der Waals surface area contributed by atoms with Crippen molar-refractivity contribution in [1.82, 2.24) is 10.2 Å². The van der Waals surface area contributed by atoms with Gasteiger partial charge in [-0.2, -0.15) is 0 Å². The highest BCUT2D eigenvalue weighted by Gasteiger charge is 2.59. The van der Waals surface area contributed by atoms with Crippen LogP contribution in [0.5, 0.6) is 0 Å². The lowest BCUT2D eigenvalue weighted by Gasteiger charge is -2.50. The summed E-state index contributed by atoms with van der Waals surface area (Å²) in [4.78, 5) is 81.9. The van der Waals surface area contributed by atoms with Gasteiger partial charge in [-0.15, -0.1) is 0 Å². The van der Waals surface area contributed by atoms with Crippen LogP contribution in [0, 0.1) is 23.7 Å². The van der Waals surface area contributed by atoms with Crippen LogP contribution in [0.15, 0.2) is 0 Å². The van der Waals surface area contributed by atoms with Gasteiger partial charge in [-0.3, -0.25) is 19.2 Å². The van der Waals surface area contributed by atoms with Crippen molar-refractivity contribution in [2.24, 2.45) is 29.4 Å². The Morgan fingerprint density at radius 2 is 1.48 bits per heavy atom. The summed E-state index contributed by atoms with van der Waals surface area (Å²) in [6.45, 7) is 19.5. The van der Waals surface area contributed by atoms with Crippen molar-refractivity contribution in [2.75, 3.05) is 21.2 Å². The van der Waals surface area contributed by atoms with Crippen molar-refractivity contribution in [3.63, 3.8) is 0 Å². The zero-order valence-electron chi connectivity index (χ0n) is 39.0. The van der Waals surface area contributed by atoms with Crippen LogP contribution in [0.1, 0.15) is 109 Å². The third kappa shape index (κ3) is 11.0. The van der Waals surface area contributed by atoms with Gasteiger partial charge in [0.15, 0.2) is 30.4 Å². The van der Waals surface area contributed by atoms with Gasteiger partial charge in [0.1, 0.15) is 29.2 Å². The second-order valence-electron chi connectivity index (χ2n) is 18.5. The fourth-order valence-electron chi connectivity index (χ4n) is 10.2. The van der Waals surface area contributed by atoms with E-state index in [1.807, 2.05) is 25.9 Å². The van der Waals surface area contributed by atoms with Crippen LogP contribution in [0.2, 0.25) is 0 Å². The number of carbonyl (C=O) groups is 6. The second-order valence-corrected chi connectivity index (χ2v) is 18.5. The molecule has 18 atom stereocenters. The van der Waals surface area contributed by atoms with Gasteiger partial charge in [-0.05, 0) is 74.9 Å². The van der Waals surface area contributed by atoms with Crippen LogP contribution in [-0.2, 0) is 66.5 Å². The molecule has 4 heterocycles. The summed E-state index contributed by atoms with van der Waals surface area (Å²) < 4.78 is 62.2. The summed E-state index contributed by atoms with van der Waals surface area (Å²) in [5, 5.41) is 2.77. The molecule has 4 saturated heterocycles. The van der Waals surface area contributed by atoms with Crippen molar-refractivity contribution in [3.05, 3.63) is 0 Å². The smallest absolute Gasteiger partial charge is 0.408 e. The zero-order valence-corrected chi connectivity index (χ0v) is 39.0. The van der Waals surface area contributed by atoms with E-state index in [1.54, 1.807) is 62.3 Å². The van der Waals surface area contributed by atoms with E-state index in [-0.39, 0.29) is 31.1 Å². The summed E-state index contributed by atoms with van der Waals surface area (Å²) in [7, 11) is 5.15. The molecule has 3 N–H and O–H groups in total. The number of esters is 3. The molecule has 0 aliphatic carbocycles. The van der Waals surface area contributed by atoms with Crippen molar-refractivity contribution >= 4 is 35.9 Å². The summed E-state index contributed by atoms with van der Waals surface area (Å²) >= 11 is 0. The fourth-order valence-corrected chi connectivity index (χ4v) is 10.2. The topological polar surface area (TPSA) is 236 Å². The number of hydrogen-bond donors (Lipinski definition) is 2. The number of nitrogens with zero attached hydrogens (tertiary/aromatic N) is 1. The molecule has 2 amide bonds. The van der Waals surface area contributed by atoms with E-state index in [9.17, 15) is 28.8 Å². The Kier molecular flexibility index (Phi) is 16.5. The first-order chi connectivity index (χ1) is 28.7. The number of ether oxygens (including phenoxy) is 10. The molecule has 0 aromatic carbocycles. The van der Waals surface area contributed by atoms with Crippen LogP contribution < -0.4 is 11.1 Å². The lowest BCUT2D eigenvalue weighted by atomic mass is 9.73. The zero-order chi connectivity index (χ0) is 46.8. The van der Waals surface area contributed by atoms with Crippen LogP contribution in [0.3, 0.4) is 0 Å². The quantitative estimate of drug-likeness (QED) is 0.235. The van der Waals surface area contributed by atoms with Gasteiger partial charge in [-0.1, -0.05) is 27.7 Å². The maximum absolute atomic E-state index is 14.7. The van der Waals surface area contributed by atoms with E-state index < -0.39 is 132 Å². The Morgan fingerprint density at radius 3 is 2.03 bits per heavy atom. The molecule has 4 rings (SSSR count). The number of fused-ring (bicyclic) bond motifs is 1. The number of likely N-dealkylation sites (N-methyl/N-ethyl adjacent to an activating group) is 1. The first kappa shape index (κ1) is 51.0. The molecule has 0 spiro atoms. The van der Waals surface area contributed by atoms with Crippen LogP contribution in [0.4, 0.5) is 9.59 Å². The molecular formula is C43H71N3O16. The Morgan fingerprint density at radius 1 is 0.855 bits per heavy atom. The lowest BCUT2D eigenvalue weighted by Crippen LogP contribution is -2.62. The first-order valence-electron chi connectivity index (χ1n) is 21.6. The average Bonchev–Trinajstić information content (AvgIpc) is 3.48. The molecule has 1 unspecified atom stereocenters. The Bertz CT molecular complexity index is 1650. The molecular weight excluding hydrogens is 814 g/mol. The van der Waals surface area contributed by atoms with Crippen LogP contribution in [-0.4, -0.2) is 146 Å². The molecule has 4 fully saturated rings. The lowest BCUT2D eigenvalue weighted by molar-refractivity contribution is -0.319. The fraction of sp³-hybridized carbons (Fsp3) is 0.860. The van der Waals surface area contributed by atoms with E-state index in [0.29, 0.717) is 6.42 Å². The number of ketones is 1. The highest BCUT2D eigenvalue weighted by atomic mass is 16.7. The third-order valence-electron chi connectivity index (χ3n) is 13.3. The molecule has 0 saturated carbocycles. The molecule has 19 nitrogen and oxygen atoms in total. The van der Waals surface area contributed by atoms with E-state index in [2.05, 4.69) is 5.32 Å². The van der Waals surface area contributed by atoms with E-state index in [4.69, 9.17) is 53.1 Å². The van der Waals surface area contributed by atoms with Gasteiger partial charge in [0.2, 0.25) is 0 Å². The van der Waals surface area contributed by atoms with Crippen LogP contribution >= 0.6 is 0 Å². The second kappa shape index (κ2) is 20.0. The minimum atomic E-state index is -1.78. The van der Waals surface area contributed by atoms with E-state index in [0.717, 1.165) is 0 Å². The summed E-state index contributed by atoms with van der Waals surface area (Å²) in [5.41, 5.74) is 1.46. The molecule has 354 valence electrons. The van der Waals surface area contributed by atoms with Gasteiger partial charge in [0, 0.05) is 45.1 Å². The van der Waals surface area contributed by atoms with Crippen LogP contribution in [0.25, 0.3) is 0 Å². The van der Waals surface area contributed by atoms with Crippen molar-refractivity contribution in [1.29, 1.82) is 0 Å². The number of carbonyl (C=O) groups excluding carboxylic acids is 6. The molecule has 4 aliphatic rings. The molecule has 62 heavy (non-hydrogen) atoms. The predicted octanol–water partition coefficient (Wildman–Crippen LogP) is 3.79. The molecule has 19 heteroatoms. The number of rotatable bonds is 10. The molecule has 0 bridgehead atoms. The number of Topliss-reactive ketones (excluding diaryl/α,β-unsaturated/α-hetero) is 1. The van der Waals surface area contributed by atoms with E-state index in [1.165, 1.54) is 21.0 Å². The third-order valence-corrected chi connectivity index (χ3v) is 13.3. The Balaban J connectivity index is 1.96. The number of cyclic esters (lactones) is 1. The predicted molar refractivity (Wildman–Crippen MR) is 219 cm³/mol. The average molecular weight is 886 g/mol. The molecule has 0 radical (unpaired) electrons. The Hall–Kier alpha value is -3.62.